The topological polar surface area (TPSA) is 175 Å². The molecule has 236 valence electrons. The van der Waals surface area contributed by atoms with Gasteiger partial charge in [-0.25, -0.2) is 9.79 Å². The third-order valence-electron chi connectivity index (χ3n) is 6.78. The maximum absolute atomic E-state index is 14.0. The Morgan fingerprint density at radius 2 is 1.67 bits per heavy atom. The van der Waals surface area contributed by atoms with Gasteiger partial charge in [0.25, 0.3) is 11.2 Å². The average molecular weight is 647 g/mol. The van der Waals surface area contributed by atoms with Crippen molar-refractivity contribution < 1.29 is 33.6 Å². The summed E-state index contributed by atoms with van der Waals surface area (Å²) < 4.78 is 23.9. The molecule has 1 aliphatic heterocycles. The molecule has 0 N–H and O–H groups in total. The number of para-hydroxylation sites is 1. The summed E-state index contributed by atoms with van der Waals surface area (Å²) in [6.45, 7) is 4.43. The number of aromatic nitrogens is 1. The summed E-state index contributed by atoms with van der Waals surface area (Å²) in [5.41, 5.74) is -0.451. The molecule has 2 heterocycles. The number of nitro benzene ring substituents is 2. The molecular weight excluding hydrogens is 620 g/mol. The molecule has 5 rings (SSSR count). The van der Waals surface area contributed by atoms with Crippen molar-refractivity contribution in [2.75, 3.05) is 20.3 Å². The largest absolute Gasteiger partial charge is 0.490 e. The normalized spacial score (nSPS) is 14.0. The van der Waals surface area contributed by atoms with Gasteiger partial charge in [-0.2, -0.15) is 0 Å². The molecule has 3 aromatic carbocycles. The lowest BCUT2D eigenvalue weighted by atomic mass is 9.97. The van der Waals surface area contributed by atoms with Gasteiger partial charge in [0.15, 0.2) is 16.3 Å². The lowest BCUT2D eigenvalue weighted by molar-refractivity contribution is -0.394. The Morgan fingerprint density at radius 3 is 2.37 bits per heavy atom. The Balaban J connectivity index is 1.62. The highest BCUT2D eigenvalue weighted by Crippen LogP contribution is 2.37. The van der Waals surface area contributed by atoms with Crippen molar-refractivity contribution in [3.8, 4) is 23.0 Å². The highest BCUT2D eigenvalue weighted by atomic mass is 32.1. The number of non-ortho nitro benzene ring substituents is 1. The molecule has 0 spiro atoms. The maximum atomic E-state index is 14.0. The summed E-state index contributed by atoms with van der Waals surface area (Å²) in [6, 6.07) is 13.8. The third-order valence-corrected chi connectivity index (χ3v) is 7.78. The standard InChI is InChI=1S/C31H26N4O10S/c1-4-43-25-12-10-19(14-26(25)44-5-2)28-21(30(37)42-3)17-32-31-33(28)29(36)27(46-31)15-18-8-6-7-9-23(18)45-24-13-11-20(34(38)39)16-22(24)35(40)41/h6-17,28H,4-5H2,1-3H3/b27-15-/t28-/m0/s1. The number of rotatable bonds is 11. The average Bonchev–Trinajstić information content (AvgIpc) is 3.36. The predicted octanol–water partition coefficient (Wildman–Crippen LogP) is 4.42. The van der Waals surface area contributed by atoms with E-state index in [1.54, 1.807) is 48.5 Å². The second-order valence-electron chi connectivity index (χ2n) is 9.55. The van der Waals surface area contributed by atoms with E-state index in [9.17, 15) is 29.8 Å². The summed E-state index contributed by atoms with van der Waals surface area (Å²) in [6.07, 6.45) is 2.91. The summed E-state index contributed by atoms with van der Waals surface area (Å²) >= 11 is 1.07. The number of methoxy groups -OCH3 is 1. The van der Waals surface area contributed by atoms with Gasteiger partial charge in [0, 0.05) is 17.8 Å². The lowest BCUT2D eigenvalue weighted by Gasteiger charge is -2.23. The number of benzene rings is 3. The van der Waals surface area contributed by atoms with Gasteiger partial charge >= 0.3 is 11.7 Å². The molecule has 0 bridgehead atoms. The highest BCUT2D eigenvalue weighted by molar-refractivity contribution is 7.07. The third kappa shape index (κ3) is 6.21. The van der Waals surface area contributed by atoms with E-state index >= 15 is 0 Å². The van der Waals surface area contributed by atoms with Crippen molar-refractivity contribution in [3.05, 3.63) is 123 Å². The van der Waals surface area contributed by atoms with Crippen LogP contribution in [0.3, 0.4) is 0 Å². The molecule has 0 amide bonds. The Kier molecular flexibility index (Phi) is 9.23. The first-order valence-corrected chi connectivity index (χ1v) is 14.7. The number of carbonyl (C=O) groups is 1. The molecule has 15 heteroatoms. The van der Waals surface area contributed by atoms with Crippen LogP contribution in [-0.4, -0.2) is 40.7 Å². The Bertz CT molecular complexity index is 2070. The molecule has 14 nitrogen and oxygen atoms in total. The second-order valence-corrected chi connectivity index (χ2v) is 10.6. The fourth-order valence-electron chi connectivity index (χ4n) is 4.79. The van der Waals surface area contributed by atoms with Crippen molar-refractivity contribution in [2.24, 2.45) is 4.99 Å². The molecule has 0 aliphatic carbocycles. The van der Waals surface area contributed by atoms with Crippen molar-refractivity contribution in [1.29, 1.82) is 0 Å². The van der Waals surface area contributed by atoms with E-state index in [1.165, 1.54) is 17.9 Å². The van der Waals surface area contributed by atoms with Gasteiger partial charge in [0.2, 0.25) is 5.75 Å². The molecule has 0 radical (unpaired) electrons. The number of esters is 1. The van der Waals surface area contributed by atoms with Gasteiger partial charge < -0.3 is 18.9 Å². The lowest BCUT2D eigenvalue weighted by Crippen LogP contribution is -2.39. The number of ether oxygens (including phenoxy) is 4. The predicted molar refractivity (Wildman–Crippen MR) is 166 cm³/mol. The van der Waals surface area contributed by atoms with Gasteiger partial charge in [-0.1, -0.05) is 35.6 Å². The molecule has 1 atom stereocenters. The molecule has 0 saturated heterocycles. The zero-order valence-corrected chi connectivity index (χ0v) is 25.5. The van der Waals surface area contributed by atoms with Crippen molar-refractivity contribution in [1.82, 2.24) is 4.57 Å². The molecule has 1 aliphatic rings. The van der Waals surface area contributed by atoms with E-state index in [0.29, 0.717) is 40.6 Å². The van der Waals surface area contributed by atoms with E-state index in [4.69, 9.17) is 18.9 Å². The monoisotopic (exact) mass is 646 g/mol. The Morgan fingerprint density at radius 1 is 0.957 bits per heavy atom. The molecule has 0 fully saturated rings. The van der Waals surface area contributed by atoms with Crippen LogP contribution in [0.4, 0.5) is 11.4 Å². The van der Waals surface area contributed by atoms with E-state index in [0.717, 1.165) is 29.5 Å². The van der Waals surface area contributed by atoms with Gasteiger partial charge in [-0.15, -0.1) is 0 Å². The zero-order valence-electron chi connectivity index (χ0n) is 24.7. The van der Waals surface area contributed by atoms with Gasteiger partial charge in [-0.3, -0.25) is 29.6 Å². The van der Waals surface area contributed by atoms with Crippen LogP contribution >= 0.6 is 11.3 Å². The number of hydrogen-bond acceptors (Lipinski definition) is 12. The van der Waals surface area contributed by atoms with Crippen molar-refractivity contribution in [2.45, 2.75) is 19.9 Å². The number of nitrogens with zero attached hydrogens (tertiary/aromatic N) is 4. The van der Waals surface area contributed by atoms with Gasteiger partial charge in [-0.05, 0) is 49.8 Å². The van der Waals surface area contributed by atoms with Gasteiger partial charge in [0.1, 0.15) is 5.75 Å². The number of thiazole rings is 1. The summed E-state index contributed by atoms with van der Waals surface area (Å²) in [5, 5.41) is 22.8. The highest BCUT2D eigenvalue weighted by Gasteiger charge is 2.31. The molecule has 46 heavy (non-hydrogen) atoms. The first-order chi connectivity index (χ1) is 22.2. The van der Waals surface area contributed by atoms with Crippen LogP contribution in [-0.2, 0) is 9.53 Å². The van der Waals surface area contributed by atoms with E-state index < -0.39 is 38.8 Å². The van der Waals surface area contributed by atoms with Gasteiger partial charge in [0.05, 0.1) is 52.4 Å². The maximum Gasteiger partial charge on any atom is 0.337 e. The SMILES string of the molecule is CCOc1ccc([C@H]2C(C(=O)OC)=CN=c3s/c(=C\c4ccccc4Oc4ccc([N+](=O)[O-])cc4[N+](=O)[O-])c(=O)n32)cc1OCC. The molecule has 0 saturated carbocycles. The van der Waals surface area contributed by atoms with Crippen LogP contribution in [0, 0.1) is 20.2 Å². The quantitative estimate of drug-likeness (QED) is 0.129. The fraction of sp³-hybridized carbons (Fsp3) is 0.194. The minimum absolute atomic E-state index is 0.127. The Hall–Kier alpha value is -5.83. The van der Waals surface area contributed by atoms with Crippen LogP contribution in [0.5, 0.6) is 23.0 Å². The van der Waals surface area contributed by atoms with Crippen LogP contribution in [0.2, 0.25) is 0 Å². The van der Waals surface area contributed by atoms with E-state index in [2.05, 4.69) is 4.99 Å². The fourth-order valence-corrected chi connectivity index (χ4v) is 5.75. The van der Waals surface area contributed by atoms with Crippen molar-refractivity contribution in [3.63, 3.8) is 0 Å². The molecule has 4 aromatic rings. The number of fused-ring (bicyclic) bond motifs is 1. The zero-order chi connectivity index (χ0) is 33.0. The van der Waals surface area contributed by atoms with Crippen LogP contribution in [0.1, 0.15) is 31.0 Å². The van der Waals surface area contributed by atoms with Crippen LogP contribution < -0.4 is 29.1 Å². The number of carbonyl (C=O) groups excluding carboxylic acids is 1. The molecular formula is C31H26N4O10S. The van der Waals surface area contributed by atoms with Crippen LogP contribution in [0.15, 0.2) is 82.2 Å². The van der Waals surface area contributed by atoms with Crippen LogP contribution in [0.25, 0.3) is 6.08 Å². The molecule has 0 unspecified atom stereocenters. The summed E-state index contributed by atoms with van der Waals surface area (Å²) in [7, 11) is 1.24. The number of nitro groups is 2. The number of hydrogen-bond donors (Lipinski definition) is 0. The van der Waals surface area contributed by atoms with E-state index in [-0.39, 0.29) is 21.6 Å². The first-order valence-electron chi connectivity index (χ1n) is 13.8. The first kappa shape index (κ1) is 31.6. The van der Waals surface area contributed by atoms with E-state index in [1.807, 2.05) is 13.8 Å². The smallest absolute Gasteiger partial charge is 0.337 e. The second kappa shape index (κ2) is 13.4. The van der Waals surface area contributed by atoms with Crippen molar-refractivity contribution >= 4 is 34.8 Å². The Labute approximate surface area is 264 Å². The minimum atomic E-state index is -0.907. The minimum Gasteiger partial charge on any atom is -0.490 e. The molecule has 1 aromatic heterocycles. The summed E-state index contributed by atoms with van der Waals surface area (Å²) in [4.78, 5) is 52.9. The summed E-state index contributed by atoms with van der Waals surface area (Å²) in [5.74, 6) is 0.218.